The van der Waals surface area contributed by atoms with Crippen molar-refractivity contribution in [3.63, 3.8) is 0 Å². The summed E-state index contributed by atoms with van der Waals surface area (Å²) in [6.07, 6.45) is 2.55. The average molecular weight is 382 g/mol. The number of rotatable bonds is 3. The third-order valence-electron chi connectivity index (χ3n) is 5.42. The smallest absolute Gasteiger partial charge is 0.159 e. The average Bonchev–Trinajstić information content (AvgIpc) is 2.75. The van der Waals surface area contributed by atoms with E-state index in [1.165, 1.54) is 11.1 Å². The van der Waals surface area contributed by atoms with Crippen LogP contribution < -0.4 is 16.0 Å². The van der Waals surface area contributed by atoms with Gasteiger partial charge in [-0.15, -0.1) is 0 Å². The minimum absolute atomic E-state index is 0.559. The van der Waals surface area contributed by atoms with Crippen molar-refractivity contribution in [1.29, 1.82) is 0 Å². The number of nitrogens with two attached hydrogens (primary N) is 1. The fraction of sp³-hybridized carbons (Fsp3) is 0.174. The molecule has 0 unspecified atom stereocenters. The molecule has 0 spiro atoms. The number of pyridine rings is 1. The highest BCUT2D eigenvalue weighted by Crippen LogP contribution is 2.33. The minimum atomic E-state index is 0.559. The number of anilines is 4. The number of hydrogen-bond donors (Lipinski definition) is 2. The van der Waals surface area contributed by atoms with Gasteiger partial charge in [0.25, 0.3) is 0 Å². The van der Waals surface area contributed by atoms with E-state index in [1.54, 1.807) is 6.33 Å². The van der Waals surface area contributed by atoms with Crippen molar-refractivity contribution < 1.29 is 0 Å². The Morgan fingerprint density at radius 1 is 0.966 bits per heavy atom. The Hall–Kier alpha value is -3.67. The summed E-state index contributed by atoms with van der Waals surface area (Å²) in [5.41, 5.74) is 12.6. The van der Waals surface area contributed by atoms with Gasteiger partial charge in [0.1, 0.15) is 12.0 Å². The van der Waals surface area contributed by atoms with Crippen molar-refractivity contribution in [2.24, 2.45) is 0 Å². The van der Waals surface area contributed by atoms with Crippen molar-refractivity contribution in [3.8, 4) is 0 Å². The Labute approximate surface area is 169 Å². The molecular formula is C23H22N6. The number of hydrogen-bond acceptors (Lipinski definition) is 6. The Balaban J connectivity index is 1.48. The van der Waals surface area contributed by atoms with Gasteiger partial charge >= 0.3 is 0 Å². The molecular weight excluding hydrogens is 360 g/mol. The number of nitrogens with one attached hydrogen (secondary N) is 1. The van der Waals surface area contributed by atoms with Gasteiger partial charge in [-0.2, -0.15) is 0 Å². The number of aromatic nitrogens is 3. The van der Waals surface area contributed by atoms with Crippen LogP contribution in [0.5, 0.6) is 0 Å². The first-order chi connectivity index (χ1) is 14.2. The Kier molecular flexibility index (Phi) is 4.24. The van der Waals surface area contributed by atoms with E-state index in [9.17, 15) is 0 Å². The molecule has 0 bridgehead atoms. The maximum absolute atomic E-state index is 6.51. The van der Waals surface area contributed by atoms with Gasteiger partial charge in [0.2, 0.25) is 0 Å². The summed E-state index contributed by atoms with van der Waals surface area (Å²) in [6, 6.07) is 18.6. The van der Waals surface area contributed by atoms with Gasteiger partial charge in [-0.05, 0) is 48.7 Å². The second kappa shape index (κ2) is 7.05. The molecule has 2 aromatic heterocycles. The van der Waals surface area contributed by atoms with Crippen LogP contribution in [0.4, 0.5) is 23.0 Å². The lowest BCUT2D eigenvalue weighted by Gasteiger charge is -2.30. The molecule has 0 saturated carbocycles. The minimum Gasteiger partial charge on any atom is -0.393 e. The maximum Gasteiger partial charge on any atom is 0.159 e. The summed E-state index contributed by atoms with van der Waals surface area (Å²) in [5.74, 6) is 1.38. The van der Waals surface area contributed by atoms with Gasteiger partial charge in [-0.3, -0.25) is 4.98 Å². The van der Waals surface area contributed by atoms with E-state index in [4.69, 9.17) is 5.73 Å². The van der Waals surface area contributed by atoms with Crippen LogP contribution in [-0.4, -0.2) is 21.5 Å². The second-order valence-electron chi connectivity index (χ2n) is 7.35. The first-order valence-corrected chi connectivity index (χ1v) is 9.74. The van der Waals surface area contributed by atoms with Crippen LogP contribution in [0.3, 0.4) is 0 Å². The summed E-state index contributed by atoms with van der Waals surface area (Å²) in [4.78, 5) is 15.7. The van der Waals surface area contributed by atoms with Crippen molar-refractivity contribution in [3.05, 3.63) is 77.7 Å². The van der Waals surface area contributed by atoms with Gasteiger partial charge in [-0.25, -0.2) is 9.97 Å². The van der Waals surface area contributed by atoms with E-state index >= 15 is 0 Å². The summed E-state index contributed by atoms with van der Waals surface area (Å²) < 4.78 is 0. The first-order valence-electron chi connectivity index (χ1n) is 9.74. The van der Waals surface area contributed by atoms with Crippen molar-refractivity contribution >= 4 is 33.9 Å². The van der Waals surface area contributed by atoms with E-state index in [1.807, 2.05) is 31.2 Å². The predicted molar refractivity (Wildman–Crippen MR) is 117 cm³/mol. The molecule has 144 valence electrons. The van der Waals surface area contributed by atoms with Crippen molar-refractivity contribution in [2.45, 2.75) is 19.9 Å². The monoisotopic (exact) mass is 382 g/mol. The molecule has 6 heteroatoms. The number of nitrogens with zero attached hydrogens (tertiary/aromatic N) is 4. The molecule has 4 aromatic rings. The Morgan fingerprint density at radius 2 is 1.83 bits per heavy atom. The summed E-state index contributed by atoms with van der Waals surface area (Å²) in [5, 5.41) is 4.42. The van der Waals surface area contributed by atoms with Crippen LogP contribution in [0.15, 0.2) is 60.9 Å². The molecule has 6 nitrogen and oxygen atoms in total. The SMILES string of the molecule is Cc1ccc2c(Nc3ncnc(N4CCc5ccccc5C4)c3N)cccc2n1. The molecule has 0 radical (unpaired) electrons. The van der Waals surface area contributed by atoms with Crippen LogP contribution in [0, 0.1) is 6.92 Å². The normalized spacial score (nSPS) is 13.3. The molecule has 3 heterocycles. The van der Waals surface area contributed by atoms with Crippen LogP contribution in [0.1, 0.15) is 16.8 Å². The molecule has 2 aromatic carbocycles. The van der Waals surface area contributed by atoms with Crippen LogP contribution in [0.25, 0.3) is 10.9 Å². The van der Waals surface area contributed by atoms with Crippen molar-refractivity contribution in [1.82, 2.24) is 15.0 Å². The van der Waals surface area contributed by atoms with E-state index < -0.39 is 0 Å². The first kappa shape index (κ1) is 17.4. The molecule has 0 fully saturated rings. The van der Waals surface area contributed by atoms with Gasteiger partial charge < -0.3 is 16.0 Å². The standard InChI is InChI=1S/C23H22N6/c1-15-9-10-18-19(27-15)7-4-8-20(18)28-22-21(24)23(26-14-25-22)29-12-11-16-5-2-3-6-17(16)13-29/h2-10,14H,11-13,24H2,1H3,(H,25,26,28). The zero-order valence-electron chi connectivity index (χ0n) is 16.3. The van der Waals surface area contributed by atoms with Crippen LogP contribution >= 0.6 is 0 Å². The van der Waals surface area contributed by atoms with E-state index in [0.717, 1.165) is 47.6 Å². The highest BCUT2D eigenvalue weighted by Gasteiger charge is 2.21. The lowest BCUT2D eigenvalue weighted by molar-refractivity contribution is 0.721. The molecule has 1 aliphatic heterocycles. The lowest BCUT2D eigenvalue weighted by Crippen LogP contribution is -2.31. The zero-order chi connectivity index (χ0) is 19.8. The summed E-state index contributed by atoms with van der Waals surface area (Å²) >= 11 is 0. The van der Waals surface area contributed by atoms with Crippen molar-refractivity contribution in [2.75, 3.05) is 22.5 Å². The number of fused-ring (bicyclic) bond motifs is 2. The molecule has 0 aliphatic carbocycles. The highest BCUT2D eigenvalue weighted by atomic mass is 15.2. The quantitative estimate of drug-likeness (QED) is 0.552. The lowest BCUT2D eigenvalue weighted by atomic mass is 10.00. The largest absolute Gasteiger partial charge is 0.393 e. The fourth-order valence-corrected chi connectivity index (χ4v) is 3.91. The fourth-order valence-electron chi connectivity index (χ4n) is 3.91. The summed E-state index contributed by atoms with van der Waals surface area (Å²) in [7, 11) is 0. The molecule has 29 heavy (non-hydrogen) atoms. The van der Waals surface area contributed by atoms with E-state index in [-0.39, 0.29) is 0 Å². The third-order valence-corrected chi connectivity index (χ3v) is 5.42. The maximum atomic E-state index is 6.51. The number of nitrogen functional groups attached to an aromatic ring is 1. The Bertz CT molecular complexity index is 1200. The highest BCUT2D eigenvalue weighted by molar-refractivity contribution is 5.94. The predicted octanol–water partition coefficient (Wildman–Crippen LogP) is 4.22. The van der Waals surface area contributed by atoms with Crippen LogP contribution in [0.2, 0.25) is 0 Å². The topological polar surface area (TPSA) is 80.0 Å². The molecule has 1 aliphatic rings. The molecule has 5 rings (SSSR count). The molecule has 0 atom stereocenters. The second-order valence-corrected chi connectivity index (χ2v) is 7.35. The Morgan fingerprint density at radius 3 is 2.72 bits per heavy atom. The number of benzene rings is 2. The third kappa shape index (κ3) is 3.23. The van der Waals surface area contributed by atoms with E-state index in [2.05, 4.69) is 55.5 Å². The van der Waals surface area contributed by atoms with Gasteiger partial charge in [-0.1, -0.05) is 30.3 Å². The van der Waals surface area contributed by atoms with Crippen LogP contribution in [-0.2, 0) is 13.0 Å². The molecule has 0 saturated heterocycles. The zero-order valence-corrected chi connectivity index (χ0v) is 16.3. The molecule has 0 amide bonds. The van der Waals surface area contributed by atoms with Gasteiger partial charge in [0.15, 0.2) is 11.6 Å². The van der Waals surface area contributed by atoms with E-state index in [0.29, 0.717) is 11.5 Å². The molecule has 3 N–H and O–H groups in total. The van der Waals surface area contributed by atoms with Gasteiger partial charge in [0.05, 0.1) is 5.52 Å². The number of aryl methyl sites for hydroxylation is 1. The van der Waals surface area contributed by atoms with Gasteiger partial charge in [0, 0.05) is 29.9 Å². The summed E-state index contributed by atoms with van der Waals surface area (Å²) in [6.45, 7) is 3.68.